The second-order valence-electron chi connectivity index (χ2n) is 11.7. The Morgan fingerprint density at radius 1 is 0.886 bits per heavy atom. The van der Waals surface area contributed by atoms with Gasteiger partial charge in [-0.05, 0) is 58.0 Å². The van der Waals surface area contributed by atoms with Gasteiger partial charge in [-0.1, -0.05) is 92.9 Å². The van der Waals surface area contributed by atoms with E-state index in [4.69, 9.17) is 0 Å². The summed E-state index contributed by atoms with van der Waals surface area (Å²) in [5.74, 6) is 0.605. The number of aromatic nitrogens is 1. The van der Waals surface area contributed by atoms with Crippen LogP contribution in [0.15, 0.2) is 70.6 Å². The van der Waals surface area contributed by atoms with Gasteiger partial charge >= 0.3 is 0 Å². The van der Waals surface area contributed by atoms with Gasteiger partial charge in [0.05, 0.1) is 19.0 Å². The number of benzene rings is 4. The van der Waals surface area contributed by atoms with E-state index in [-0.39, 0.29) is 0 Å². The molecule has 1 nitrogen and oxygen atoms in total. The average molecular weight is 493 g/mol. The van der Waals surface area contributed by atoms with Gasteiger partial charge in [0.15, 0.2) is 6.20 Å². The minimum Gasteiger partial charge on any atom is -0.200 e. The van der Waals surface area contributed by atoms with Crippen LogP contribution in [0.2, 0.25) is 19.6 Å². The van der Waals surface area contributed by atoms with Crippen molar-refractivity contribution in [1.29, 1.82) is 0 Å². The molecule has 0 N–H and O–H groups in total. The summed E-state index contributed by atoms with van der Waals surface area (Å²) in [6.45, 7) is 14.3. The lowest BCUT2D eigenvalue weighted by molar-refractivity contribution is -0.659. The molecule has 0 aliphatic carbocycles. The number of fused-ring (bicyclic) bond motifs is 5. The van der Waals surface area contributed by atoms with E-state index in [1.54, 1.807) is 0 Å². The quantitative estimate of drug-likeness (QED) is 0.137. The molecular weight excluding hydrogens is 459 g/mol. The smallest absolute Gasteiger partial charge is 0.200 e. The molecule has 3 heteroatoms. The predicted octanol–water partition coefficient (Wildman–Crippen LogP) is 8.15. The molecule has 2 heterocycles. The molecule has 1 aliphatic rings. The minimum atomic E-state index is -1.40. The lowest BCUT2D eigenvalue weighted by Gasteiger charge is -2.26. The fraction of sp³-hybridized carbons (Fsp3) is 0.281. The zero-order valence-electron chi connectivity index (χ0n) is 21.9. The number of hydrogen-bond acceptors (Lipinski definition) is 1. The van der Waals surface area contributed by atoms with Gasteiger partial charge < -0.3 is 0 Å². The fourth-order valence-electron chi connectivity index (χ4n) is 5.87. The predicted molar refractivity (Wildman–Crippen MR) is 156 cm³/mol. The molecule has 0 amide bonds. The molecule has 0 bridgehead atoms. The molecule has 0 fully saturated rings. The van der Waals surface area contributed by atoms with Gasteiger partial charge in [0.1, 0.15) is 7.05 Å². The largest absolute Gasteiger partial charge is 0.222 e. The molecule has 4 aromatic carbocycles. The Hall–Kier alpha value is -2.62. The molecule has 6 rings (SSSR count). The summed E-state index contributed by atoms with van der Waals surface area (Å²) in [4.78, 5) is 2.86. The summed E-state index contributed by atoms with van der Waals surface area (Å²) in [5, 5.41) is 9.90. The summed E-state index contributed by atoms with van der Waals surface area (Å²) in [6, 6.07) is 21.1. The summed E-state index contributed by atoms with van der Waals surface area (Å²) in [6.07, 6.45) is 3.37. The van der Waals surface area contributed by atoms with Gasteiger partial charge in [-0.2, -0.15) is 0 Å². The van der Waals surface area contributed by atoms with E-state index >= 15 is 0 Å². The van der Waals surface area contributed by atoms with Gasteiger partial charge in [-0.3, -0.25) is 0 Å². The number of hydrogen-bond donors (Lipinski definition) is 0. The SMILES string of the molecule is Cc1c2c(c(CC(C)C)c3ccccc13)Sc1cc3ccc([Si](C)(C)C)cc3c3cc[n+](C)c-2c13. The summed E-state index contributed by atoms with van der Waals surface area (Å²) in [5.41, 5.74) is 5.73. The molecule has 1 aromatic heterocycles. The molecule has 0 saturated carbocycles. The van der Waals surface area contributed by atoms with E-state index in [0.29, 0.717) is 5.92 Å². The highest BCUT2D eigenvalue weighted by Crippen LogP contribution is 2.52. The second-order valence-corrected chi connectivity index (χ2v) is 17.8. The van der Waals surface area contributed by atoms with E-state index in [1.807, 2.05) is 11.8 Å². The normalized spacial score (nSPS) is 13.3. The lowest BCUT2D eigenvalue weighted by atomic mass is 9.88. The summed E-state index contributed by atoms with van der Waals surface area (Å²) in [7, 11) is 0.819. The van der Waals surface area contributed by atoms with Crippen LogP contribution in [0, 0.1) is 12.8 Å². The first-order chi connectivity index (χ1) is 16.6. The Kier molecular flexibility index (Phi) is 5.18. The molecular formula is C32H34NSSi+. The number of pyridine rings is 1. The monoisotopic (exact) mass is 492 g/mol. The van der Waals surface area contributed by atoms with Crippen molar-refractivity contribution < 1.29 is 4.57 Å². The lowest BCUT2D eigenvalue weighted by Crippen LogP contribution is -2.37. The third-order valence-corrected chi connectivity index (χ3v) is 10.9. The highest BCUT2D eigenvalue weighted by atomic mass is 32.2. The zero-order chi connectivity index (χ0) is 24.6. The van der Waals surface area contributed by atoms with Crippen molar-refractivity contribution in [3.05, 3.63) is 71.9 Å². The molecule has 0 spiro atoms. The van der Waals surface area contributed by atoms with Crippen LogP contribution in [0.4, 0.5) is 0 Å². The maximum atomic E-state index is 2.49. The van der Waals surface area contributed by atoms with Crippen molar-refractivity contribution >= 4 is 57.3 Å². The van der Waals surface area contributed by atoms with Crippen molar-refractivity contribution in [1.82, 2.24) is 0 Å². The van der Waals surface area contributed by atoms with Crippen LogP contribution in [0.1, 0.15) is 25.0 Å². The van der Waals surface area contributed by atoms with Gasteiger partial charge in [0.25, 0.3) is 0 Å². The molecule has 0 radical (unpaired) electrons. The standard InChI is InChI=1S/C32H34NSSi/c1-19(2)16-27-24-11-9-8-10-23(24)20(3)29-31-30-25(14-15-33(31)4)26-18-22(35(5,6)7)13-12-21(26)17-28(30)34-32(27)29/h8-15,17-19H,16H2,1-7H3/q+1. The van der Waals surface area contributed by atoms with Crippen LogP contribution in [-0.4, -0.2) is 8.07 Å². The molecule has 0 unspecified atom stereocenters. The number of rotatable bonds is 3. The highest BCUT2D eigenvalue weighted by molar-refractivity contribution is 8.00. The average Bonchev–Trinajstić information content (AvgIpc) is 2.81. The van der Waals surface area contributed by atoms with Gasteiger partial charge in [-0.15, -0.1) is 0 Å². The third-order valence-electron chi connectivity index (χ3n) is 7.66. The van der Waals surface area contributed by atoms with Crippen LogP contribution >= 0.6 is 11.8 Å². The molecule has 176 valence electrons. The number of nitrogens with zero attached hydrogens (tertiary/aromatic N) is 1. The second kappa shape index (κ2) is 7.94. The Morgan fingerprint density at radius 2 is 1.63 bits per heavy atom. The molecule has 5 aromatic rings. The maximum Gasteiger partial charge on any atom is 0.222 e. The van der Waals surface area contributed by atoms with E-state index in [1.165, 1.54) is 69.7 Å². The fourth-order valence-corrected chi connectivity index (χ4v) is 8.41. The van der Waals surface area contributed by atoms with E-state index in [0.717, 1.165) is 6.42 Å². The molecule has 1 aliphatic heterocycles. The van der Waals surface area contributed by atoms with Crippen molar-refractivity contribution in [3.8, 4) is 11.3 Å². The highest BCUT2D eigenvalue weighted by Gasteiger charge is 2.32. The van der Waals surface area contributed by atoms with E-state index in [2.05, 4.69) is 113 Å². The van der Waals surface area contributed by atoms with Crippen molar-refractivity contribution in [2.75, 3.05) is 0 Å². The van der Waals surface area contributed by atoms with Crippen molar-refractivity contribution in [3.63, 3.8) is 0 Å². The van der Waals surface area contributed by atoms with Crippen LogP contribution < -0.4 is 9.75 Å². The Balaban J connectivity index is 1.78. The van der Waals surface area contributed by atoms with E-state index in [9.17, 15) is 0 Å². The van der Waals surface area contributed by atoms with Crippen molar-refractivity contribution in [2.24, 2.45) is 13.0 Å². The first-order valence-corrected chi connectivity index (χ1v) is 17.1. The molecule has 0 saturated heterocycles. The summed E-state index contributed by atoms with van der Waals surface area (Å²) >= 11 is 2.00. The summed E-state index contributed by atoms with van der Waals surface area (Å²) < 4.78 is 2.36. The van der Waals surface area contributed by atoms with Crippen LogP contribution in [0.5, 0.6) is 0 Å². The van der Waals surface area contributed by atoms with Crippen LogP contribution in [0.25, 0.3) is 43.6 Å². The Labute approximate surface area is 214 Å². The zero-order valence-corrected chi connectivity index (χ0v) is 23.7. The van der Waals surface area contributed by atoms with E-state index < -0.39 is 8.07 Å². The van der Waals surface area contributed by atoms with Gasteiger partial charge in [0, 0.05) is 21.2 Å². The van der Waals surface area contributed by atoms with Gasteiger partial charge in [-0.25, -0.2) is 4.57 Å². The van der Waals surface area contributed by atoms with Crippen molar-refractivity contribution in [2.45, 2.75) is 56.6 Å². The maximum absolute atomic E-state index is 2.49. The minimum absolute atomic E-state index is 0.605. The first kappa shape index (κ1) is 22.8. The number of aryl methyl sites for hydroxylation is 2. The Bertz CT molecular complexity index is 1670. The molecule has 35 heavy (non-hydrogen) atoms. The van der Waals surface area contributed by atoms with Crippen LogP contribution in [-0.2, 0) is 13.5 Å². The first-order valence-electron chi connectivity index (χ1n) is 12.8. The van der Waals surface area contributed by atoms with Gasteiger partial charge in [0.2, 0.25) is 5.69 Å². The third kappa shape index (κ3) is 3.47. The van der Waals surface area contributed by atoms with Crippen LogP contribution in [0.3, 0.4) is 0 Å². The molecule has 0 atom stereocenters. The topological polar surface area (TPSA) is 3.88 Å². The Morgan fingerprint density at radius 3 is 2.34 bits per heavy atom.